The van der Waals surface area contributed by atoms with Gasteiger partial charge >= 0.3 is 0 Å². The van der Waals surface area contributed by atoms with Crippen LogP contribution < -0.4 is 5.73 Å². The average molecular weight is 238 g/mol. The van der Waals surface area contributed by atoms with E-state index >= 15 is 0 Å². The van der Waals surface area contributed by atoms with Crippen LogP contribution in [0.15, 0.2) is 12.1 Å². The zero-order valence-electron chi connectivity index (χ0n) is 10.3. The topological polar surface area (TPSA) is 29.3 Å². The van der Waals surface area contributed by atoms with E-state index < -0.39 is 0 Å². The number of rotatable bonds is 4. The van der Waals surface area contributed by atoms with Crippen LogP contribution in [0.1, 0.15) is 42.5 Å². The van der Waals surface area contributed by atoms with Gasteiger partial charge in [-0.05, 0) is 44.9 Å². The molecule has 0 aromatic carbocycles. The Kier molecular flexibility index (Phi) is 4.00. The largest absolute Gasteiger partial charge is 0.329 e. The molecule has 3 heteroatoms. The minimum absolute atomic E-state index is 0.543. The second-order valence-electron chi connectivity index (χ2n) is 4.60. The summed E-state index contributed by atoms with van der Waals surface area (Å²) in [5.41, 5.74) is 5.83. The fraction of sp³-hybridized carbons (Fsp3) is 0.692. The predicted molar refractivity (Wildman–Crippen MR) is 70.9 cm³/mol. The highest BCUT2D eigenvalue weighted by Crippen LogP contribution is 2.32. The summed E-state index contributed by atoms with van der Waals surface area (Å²) in [5.74, 6) is 0. The third-order valence-corrected chi connectivity index (χ3v) is 5.03. The first-order chi connectivity index (χ1) is 7.76. The Balaban J connectivity index is 2.08. The molecule has 0 bridgehead atoms. The number of aryl methyl sites for hydroxylation is 1. The van der Waals surface area contributed by atoms with Gasteiger partial charge in [0.25, 0.3) is 0 Å². The maximum Gasteiger partial charge on any atom is 0.0416 e. The van der Waals surface area contributed by atoms with Crippen molar-refractivity contribution in [1.82, 2.24) is 4.90 Å². The van der Waals surface area contributed by atoms with E-state index in [0.29, 0.717) is 12.1 Å². The highest BCUT2D eigenvalue weighted by molar-refractivity contribution is 7.12. The van der Waals surface area contributed by atoms with E-state index in [1.54, 1.807) is 0 Å². The number of nitrogens with zero attached hydrogens (tertiary/aromatic N) is 1. The molecule has 1 saturated heterocycles. The molecule has 1 aromatic rings. The Hall–Kier alpha value is -0.380. The second kappa shape index (κ2) is 5.30. The lowest BCUT2D eigenvalue weighted by molar-refractivity contribution is 0.199. The Bertz CT molecular complexity index is 334. The van der Waals surface area contributed by atoms with E-state index in [2.05, 4.69) is 30.9 Å². The number of thiophene rings is 1. The first-order valence-corrected chi connectivity index (χ1v) is 7.12. The molecule has 90 valence electrons. The molecule has 0 spiro atoms. The van der Waals surface area contributed by atoms with Crippen LogP contribution in [0.3, 0.4) is 0 Å². The summed E-state index contributed by atoms with van der Waals surface area (Å²) in [5, 5.41) is 0. The van der Waals surface area contributed by atoms with Crippen molar-refractivity contribution in [3.8, 4) is 0 Å². The van der Waals surface area contributed by atoms with Crippen LogP contribution in [0.4, 0.5) is 0 Å². The van der Waals surface area contributed by atoms with Crippen molar-refractivity contribution < 1.29 is 0 Å². The average Bonchev–Trinajstić information content (AvgIpc) is 2.96. The lowest BCUT2D eigenvalue weighted by Gasteiger charge is -2.29. The van der Waals surface area contributed by atoms with Crippen molar-refractivity contribution in [1.29, 1.82) is 0 Å². The third kappa shape index (κ3) is 2.31. The van der Waals surface area contributed by atoms with Crippen molar-refractivity contribution in [3.63, 3.8) is 0 Å². The van der Waals surface area contributed by atoms with E-state index in [4.69, 9.17) is 5.73 Å². The van der Waals surface area contributed by atoms with Crippen LogP contribution in [0.2, 0.25) is 0 Å². The number of nitrogens with two attached hydrogens (primary N) is 1. The van der Waals surface area contributed by atoms with Gasteiger partial charge in [-0.15, -0.1) is 11.3 Å². The molecule has 0 saturated carbocycles. The van der Waals surface area contributed by atoms with E-state index in [9.17, 15) is 0 Å². The van der Waals surface area contributed by atoms with E-state index in [1.807, 2.05) is 11.3 Å². The van der Waals surface area contributed by atoms with Gasteiger partial charge in [0.15, 0.2) is 0 Å². The molecule has 2 N–H and O–H groups in total. The van der Waals surface area contributed by atoms with Crippen LogP contribution in [-0.4, -0.2) is 24.0 Å². The molecule has 16 heavy (non-hydrogen) atoms. The lowest BCUT2D eigenvalue weighted by atomic mass is 10.2. The molecule has 0 aliphatic carbocycles. The maximum atomic E-state index is 5.83. The molecule has 2 rings (SSSR count). The van der Waals surface area contributed by atoms with E-state index in [1.165, 1.54) is 29.1 Å². The molecule has 2 atom stereocenters. The Morgan fingerprint density at radius 3 is 3.00 bits per heavy atom. The van der Waals surface area contributed by atoms with Crippen LogP contribution in [0, 0.1) is 0 Å². The zero-order chi connectivity index (χ0) is 11.5. The molecular weight excluding hydrogens is 216 g/mol. The van der Waals surface area contributed by atoms with Gasteiger partial charge in [-0.25, -0.2) is 0 Å². The minimum Gasteiger partial charge on any atom is -0.329 e. The number of hydrogen-bond donors (Lipinski definition) is 1. The van der Waals surface area contributed by atoms with E-state index in [0.717, 1.165) is 13.0 Å². The number of hydrogen-bond acceptors (Lipinski definition) is 3. The highest BCUT2D eigenvalue weighted by Gasteiger charge is 2.28. The summed E-state index contributed by atoms with van der Waals surface area (Å²) >= 11 is 1.96. The number of likely N-dealkylation sites (tertiary alicyclic amines) is 1. The third-order valence-electron chi connectivity index (χ3n) is 3.63. The molecule has 2 heterocycles. The Labute approximate surface area is 102 Å². The van der Waals surface area contributed by atoms with Crippen LogP contribution >= 0.6 is 11.3 Å². The maximum absolute atomic E-state index is 5.83. The van der Waals surface area contributed by atoms with Gasteiger partial charge in [-0.3, -0.25) is 4.90 Å². The zero-order valence-corrected chi connectivity index (χ0v) is 11.1. The van der Waals surface area contributed by atoms with Crippen LogP contribution in [-0.2, 0) is 6.42 Å². The molecule has 0 radical (unpaired) electrons. The summed E-state index contributed by atoms with van der Waals surface area (Å²) in [6.07, 6.45) is 3.72. The first kappa shape index (κ1) is 12.1. The summed E-state index contributed by atoms with van der Waals surface area (Å²) in [7, 11) is 0. The predicted octanol–water partition coefficient (Wildman–Crippen LogP) is 2.79. The summed E-state index contributed by atoms with van der Waals surface area (Å²) < 4.78 is 0. The smallest absolute Gasteiger partial charge is 0.0416 e. The summed E-state index contributed by atoms with van der Waals surface area (Å²) in [6, 6.07) is 5.70. The van der Waals surface area contributed by atoms with E-state index in [-0.39, 0.29) is 0 Å². The molecule has 2 nitrogen and oxygen atoms in total. The van der Waals surface area contributed by atoms with Gasteiger partial charge < -0.3 is 5.73 Å². The summed E-state index contributed by atoms with van der Waals surface area (Å²) in [4.78, 5) is 5.56. The lowest BCUT2D eigenvalue weighted by Crippen LogP contribution is -2.36. The Morgan fingerprint density at radius 1 is 1.56 bits per heavy atom. The van der Waals surface area contributed by atoms with Crippen molar-refractivity contribution in [2.24, 2.45) is 5.73 Å². The van der Waals surface area contributed by atoms with Gasteiger partial charge in [0, 0.05) is 28.4 Å². The first-order valence-electron chi connectivity index (χ1n) is 6.30. The monoisotopic (exact) mass is 238 g/mol. The highest BCUT2D eigenvalue weighted by atomic mass is 32.1. The standard InChI is InChI=1S/C13H22N2S/c1-3-12-6-7-13(16-12)10(2)15-8-4-5-11(15)9-14/h6-7,10-11H,3-5,8-9,14H2,1-2H3. The molecule has 1 aliphatic heterocycles. The molecule has 1 aromatic heterocycles. The van der Waals surface area contributed by atoms with Gasteiger partial charge in [-0.1, -0.05) is 6.92 Å². The molecule has 1 aliphatic rings. The molecule has 0 amide bonds. The molecule has 2 unspecified atom stereocenters. The van der Waals surface area contributed by atoms with Gasteiger partial charge in [-0.2, -0.15) is 0 Å². The Morgan fingerprint density at radius 2 is 2.38 bits per heavy atom. The quantitative estimate of drug-likeness (QED) is 0.874. The minimum atomic E-state index is 0.543. The fourth-order valence-electron chi connectivity index (χ4n) is 2.59. The van der Waals surface area contributed by atoms with Crippen molar-refractivity contribution in [2.75, 3.05) is 13.1 Å². The van der Waals surface area contributed by atoms with Gasteiger partial charge in [0.1, 0.15) is 0 Å². The van der Waals surface area contributed by atoms with Gasteiger partial charge in [0.05, 0.1) is 0 Å². The summed E-state index contributed by atoms with van der Waals surface area (Å²) in [6.45, 7) is 6.55. The van der Waals surface area contributed by atoms with Crippen molar-refractivity contribution >= 4 is 11.3 Å². The van der Waals surface area contributed by atoms with Crippen LogP contribution in [0.5, 0.6) is 0 Å². The molecular formula is C13H22N2S. The second-order valence-corrected chi connectivity index (χ2v) is 5.80. The molecule has 1 fully saturated rings. The van der Waals surface area contributed by atoms with Crippen LogP contribution in [0.25, 0.3) is 0 Å². The normalized spacial score (nSPS) is 23.8. The SMILES string of the molecule is CCc1ccc(C(C)N2CCCC2CN)s1. The van der Waals surface area contributed by atoms with Gasteiger partial charge in [0.2, 0.25) is 0 Å². The van der Waals surface area contributed by atoms with Crippen molar-refractivity contribution in [2.45, 2.75) is 45.2 Å². The van der Waals surface area contributed by atoms with Crippen molar-refractivity contribution in [3.05, 3.63) is 21.9 Å². The fourth-order valence-corrected chi connectivity index (χ4v) is 3.62.